The summed E-state index contributed by atoms with van der Waals surface area (Å²) in [5, 5.41) is 2.69. The van der Waals surface area contributed by atoms with Gasteiger partial charge in [0.05, 0.1) is 19.9 Å². The molecule has 7 heteroatoms. The number of nitrogen functional groups attached to an aromatic ring is 1. The Balaban J connectivity index is 3.17. The lowest BCUT2D eigenvalue weighted by molar-refractivity contribution is -0.116. The van der Waals surface area contributed by atoms with Gasteiger partial charge >= 0.3 is 0 Å². The molecule has 1 amide bonds. The first-order valence-corrected chi connectivity index (χ1v) is 7.04. The van der Waals surface area contributed by atoms with Crippen LogP contribution >= 0.6 is 0 Å². The van der Waals surface area contributed by atoms with Gasteiger partial charge in [-0.15, -0.1) is 0 Å². The second kappa shape index (κ2) is 8.07. The van der Waals surface area contributed by atoms with E-state index in [9.17, 15) is 9.59 Å². The van der Waals surface area contributed by atoms with Crippen molar-refractivity contribution in [3.8, 4) is 11.5 Å². The molecule has 3 N–H and O–H groups in total. The molecule has 0 saturated heterocycles. The quantitative estimate of drug-likeness (QED) is 0.425. The predicted octanol–water partition coefficient (Wildman–Crippen LogP) is 1.23. The van der Waals surface area contributed by atoms with Crippen molar-refractivity contribution in [3.63, 3.8) is 0 Å². The van der Waals surface area contributed by atoms with Gasteiger partial charge in [-0.1, -0.05) is 6.58 Å². The number of hydrogen-bond donors (Lipinski definition) is 2. The van der Waals surface area contributed by atoms with Crippen LogP contribution in [0.5, 0.6) is 11.5 Å². The van der Waals surface area contributed by atoms with Gasteiger partial charge in [0.15, 0.2) is 11.5 Å². The van der Waals surface area contributed by atoms with Crippen molar-refractivity contribution >= 4 is 23.1 Å². The number of rotatable bonds is 8. The molecule has 0 aromatic heterocycles. The van der Waals surface area contributed by atoms with Gasteiger partial charge in [-0.25, -0.2) is 0 Å². The molecule has 0 aliphatic heterocycles. The first-order chi connectivity index (χ1) is 10.9. The highest BCUT2D eigenvalue weighted by Gasteiger charge is 2.22. The minimum atomic E-state index is -0.247. The Morgan fingerprint density at radius 3 is 2.52 bits per heavy atom. The average molecular weight is 321 g/mol. The molecule has 1 aromatic carbocycles. The number of carbonyl (C=O) groups is 2. The molecule has 0 atom stereocenters. The fourth-order valence-electron chi connectivity index (χ4n) is 2.18. The van der Waals surface area contributed by atoms with Crippen LogP contribution in [0.1, 0.15) is 17.3 Å². The number of nitrogens with one attached hydrogen (secondary N) is 1. The van der Waals surface area contributed by atoms with E-state index in [1.807, 2.05) is 11.9 Å². The second-order valence-electron chi connectivity index (χ2n) is 4.89. The first kappa shape index (κ1) is 18.3. The number of hydrogen-bond acceptors (Lipinski definition) is 6. The summed E-state index contributed by atoms with van der Waals surface area (Å²) in [6.07, 6.45) is 1.21. The molecule has 1 rings (SSSR count). The van der Waals surface area contributed by atoms with Crippen LogP contribution in [0.15, 0.2) is 18.7 Å². The third-order valence-electron chi connectivity index (χ3n) is 3.38. The maximum Gasteiger partial charge on any atom is 0.243 e. The molecule has 0 heterocycles. The lowest BCUT2D eigenvalue weighted by Crippen LogP contribution is -2.32. The number of anilines is 2. The Kier molecular flexibility index (Phi) is 6.44. The lowest BCUT2D eigenvalue weighted by Gasteiger charge is -2.26. The van der Waals surface area contributed by atoms with E-state index in [1.165, 1.54) is 27.2 Å². The summed E-state index contributed by atoms with van der Waals surface area (Å²) in [7, 11) is 4.80. The smallest absolute Gasteiger partial charge is 0.243 e. The zero-order valence-electron chi connectivity index (χ0n) is 13.9. The number of nitrogens with two attached hydrogens (primary N) is 1. The van der Waals surface area contributed by atoms with Crippen molar-refractivity contribution in [2.24, 2.45) is 0 Å². The second-order valence-corrected chi connectivity index (χ2v) is 4.89. The zero-order chi connectivity index (χ0) is 17.6. The van der Waals surface area contributed by atoms with Crippen molar-refractivity contribution in [1.29, 1.82) is 0 Å². The monoisotopic (exact) mass is 321 g/mol. The highest BCUT2D eigenvalue weighted by atomic mass is 16.5. The minimum Gasteiger partial charge on any atom is -0.494 e. The van der Waals surface area contributed by atoms with E-state index in [0.29, 0.717) is 35.8 Å². The Morgan fingerprint density at radius 1 is 1.39 bits per heavy atom. The molecular formula is C16H23N3O4. The van der Waals surface area contributed by atoms with E-state index in [4.69, 9.17) is 15.2 Å². The van der Waals surface area contributed by atoms with Crippen LogP contribution < -0.4 is 25.4 Å². The highest BCUT2D eigenvalue weighted by Crippen LogP contribution is 2.43. The van der Waals surface area contributed by atoms with E-state index in [1.54, 1.807) is 6.07 Å². The Labute approximate surface area is 136 Å². The van der Waals surface area contributed by atoms with E-state index < -0.39 is 0 Å². The maximum absolute atomic E-state index is 11.7. The van der Waals surface area contributed by atoms with Gasteiger partial charge in [0.1, 0.15) is 11.4 Å². The number of ether oxygens (including phenoxy) is 2. The fourth-order valence-corrected chi connectivity index (χ4v) is 2.18. The lowest BCUT2D eigenvalue weighted by atomic mass is 10.1. The van der Waals surface area contributed by atoms with E-state index >= 15 is 0 Å². The standard InChI is InChI=1S/C16H23N3O4/c1-6-13(21)18-7-8-19(3)15-12(22-4)9-11(10(2)20)14(17)16(15)23-5/h6,9H,1,7-8,17H2,2-5H3,(H,18,21). The van der Waals surface area contributed by atoms with E-state index in [-0.39, 0.29) is 17.4 Å². The number of Topliss-reactive ketones (excluding diaryl/α,β-unsaturated/α-hetero) is 1. The zero-order valence-corrected chi connectivity index (χ0v) is 13.9. The molecule has 0 fully saturated rings. The summed E-state index contributed by atoms with van der Waals surface area (Å²) in [4.78, 5) is 24.7. The van der Waals surface area contributed by atoms with Crippen molar-refractivity contribution in [3.05, 3.63) is 24.3 Å². The molecule has 0 radical (unpaired) electrons. The molecule has 1 aromatic rings. The van der Waals surface area contributed by atoms with Gasteiger partial charge in [0, 0.05) is 25.7 Å². The van der Waals surface area contributed by atoms with Crippen LogP contribution in [0.3, 0.4) is 0 Å². The molecule has 0 aliphatic carbocycles. The molecule has 126 valence electrons. The van der Waals surface area contributed by atoms with Gasteiger partial charge in [0.2, 0.25) is 5.91 Å². The Morgan fingerprint density at radius 2 is 2.04 bits per heavy atom. The largest absolute Gasteiger partial charge is 0.494 e. The molecule has 7 nitrogen and oxygen atoms in total. The third kappa shape index (κ3) is 4.15. The molecule has 0 unspecified atom stereocenters. The number of methoxy groups -OCH3 is 2. The topological polar surface area (TPSA) is 93.9 Å². The molecular weight excluding hydrogens is 298 g/mol. The van der Waals surface area contributed by atoms with Crippen LogP contribution in [0.4, 0.5) is 11.4 Å². The van der Waals surface area contributed by atoms with Crippen molar-refractivity contribution in [1.82, 2.24) is 5.32 Å². The normalized spacial score (nSPS) is 9.91. The maximum atomic E-state index is 11.7. The minimum absolute atomic E-state index is 0.174. The summed E-state index contributed by atoms with van der Waals surface area (Å²) in [6, 6.07) is 1.59. The van der Waals surface area contributed by atoms with Gasteiger partial charge < -0.3 is 25.4 Å². The Hall–Kier alpha value is -2.70. The summed E-state index contributed by atoms with van der Waals surface area (Å²) in [6.45, 7) is 5.72. The fraction of sp³-hybridized carbons (Fsp3) is 0.375. The first-order valence-electron chi connectivity index (χ1n) is 7.04. The van der Waals surface area contributed by atoms with E-state index in [0.717, 1.165) is 0 Å². The summed E-state index contributed by atoms with van der Waals surface area (Å²) in [5.41, 5.74) is 7.27. The summed E-state index contributed by atoms with van der Waals surface area (Å²) in [5.74, 6) is 0.418. The molecule has 0 bridgehead atoms. The number of nitrogens with zero attached hydrogens (tertiary/aromatic N) is 1. The van der Waals surface area contributed by atoms with Gasteiger partial charge in [0.25, 0.3) is 0 Å². The highest BCUT2D eigenvalue weighted by molar-refractivity contribution is 6.03. The molecule has 0 saturated carbocycles. The molecule has 0 aliphatic rings. The van der Waals surface area contributed by atoms with Gasteiger partial charge in [-0.2, -0.15) is 0 Å². The van der Waals surface area contributed by atoms with Crippen LogP contribution in [-0.4, -0.2) is 46.0 Å². The summed E-state index contributed by atoms with van der Waals surface area (Å²) < 4.78 is 10.7. The number of amides is 1. The molecule has 0 spiro atoms. The average Bonchev–Trinajstić information content (AvgIpc) is 2.53. The number of ketones is 1. The van der Waals surface area contributed by atoms with Crippen molar-refractivity contribution in [2.75, 3.05) is 45.0 Å². The van der Waals surface area contributed by atoms with Crippen LogP contribution in [0, 0.1) is 0 Å². The van der Waals surface area contributed by atoms with Crippen LogP contribution in [0.25, 0.3) is 0 Å². The number of carbonyl (C=O) groups excluding carboxylic acids is 2. The molecule has 23 heavy (non-hydrogen) atoms. The predicted molar refractivity (Wildman–Crippen MR) is 90.4 cm³/mol. The van der Waals surface area contributed by atoms with Gasteiger partial charge in [-0.05, 0) is 19.1 Å². The SMILES string of the molecule is C=CC(=O)NCCN(C)c1c(OC)cc(C(C)=O)c(N)c1OC. The number of benzene rings is 1. The third-order valence-corrected chi connectivity index (χ3v) is 3.38. The summed E-state index contributed by atoms with van der Waals surface area (Å²) >= 11 is 0. The van der Waals surface area contributed by atoms with Gasteiger partial charge in [-0.3, -0.25) is 9.59 Å². The number of likely N-dealkylation sites (N-methyl/N-ethyl adjacent to an activating group) is 1. The van der Waals surface area contributed by atoms with Crippen LogP contribution in [-0.2, 0) is 4.79 Å². The Bertz CT molecular complexity index is 614. The van der Waals surface area contributed by atoms with E-state index in [2.05, 4.69) is 11.9 Å². The van der Waals surface area contributed by atoms with Crippen molar-refractivity contribution < 1.29 is 19.1 Å². The van der Waals surface area contributed by atoms with Crippen molar-refractivity contribution in [2.45, 2.75) is 6.92 Å². The van der Waals surface area contributed by atoms with Crippen LogP contribution in [0.2, 0.25) is 0 Å².